The van der Waals surface area contributed by atoms with Gasteiger partial charge in [-0.25, -0.2) is 0 Å². The van der Waals surface area contributed by atoms with Gasteiger partial charge in [0.05, 0.1) is 19.8 Å². The van der Waals surface area contributed by atoms with E-state index in [9.17, 15) is 0 Å². The Labute approximate surface area is 127 Å². The third kappa shape index (κ3) is 2.46. The number of nitrogens with zero attached hydrogens (tertiary/aromatic N) is 2. The van der Waals surface area contributed by atoms with Gasteiger partial charge >= 0.3 is 0 Å². The maximum Gasteiger partial charge on any atom is 0.252 e. The summed E-state index contributed by atoms with van der Waals surface area (Å²) in [6, 6.07) is 12.7. The fourth-order valence-electron chi connectivity index (χ4n) is 2.18. The number of nitrogens with two attached hydrogens (primary N) is 1. The molecule has 3 rings (SSSR count). The molecule has 2 N–H and O–H groups in total. The predicted molar refractivity (Wildman–Crippen MR) is 82.7 cm³/mol. The highest BCUT2D eigenvalue weighted by Crippen LogP contribution is 2.37. The number of anilines is 1. The van der Waals surface area contributed by atoms with Crippen LogP contribution in [-0.4, -0.2) is 24.4 Å². The summed E-state index contributed by atoms with van der Waals surface area (Å²) in [6.45, 7) is 0. The Balaban J connectivity index is 2.05. The average molecular weight is 297 g/mol. The van der Waals surface area contributed by atoms with Gasteiger partial charge in [-0.1, -0.05) is 12.1 Å². The lowest BCUT2D eigenvalue weighted by Crippen LogP contribution is -1.93. The fourth-order valence-corrected chi connectivity index (χ4v) is 2.18. The van der Waals surface area contributed by atoms with Gasteiger partial charge in [-0.3, -0.25) is 0 Å². The number of nitrogen functional groups attached to an aromatic ring is 1. The largest absolute Gasteiger partial charge is 0.493 e. The second-order valence-corrected chi connectivity index (χ2v) is 4.58. The van der Waals surface area contributed by atoms with Crippen molar-refractivity contribution < 1.29 is 13.9 Å². The molecule has 1 aromatic heterocycles. The summed E-state index contributed by atoms with van der Waals surface area (Å²) in [5, 5.41) is 8.15. The monoisotopic (exact) mass is 297 g/mol. The molecule has 1 heterocycles. The zero-order valence-corrected chi connectivity index (χ0v) is 12.2. The Morgan fingerprint density at radius 2 is 1.73 bits per heavy atom. The maximum absolute atomic E-state index is 5.77. The molecule has 0 bridgehead atoms. The van der Waals surface area contributed by atoms with E-state index in [0.717, 1.165) is 5.56 Å². The van der Waals surface area contributed by atoms with Crippen LogP contribution in [-0.2, 0) is 0 Å². The number of para-hydroxylation sites is 1. The van der Waals surface area contributed by atoms with Crippen LogP contribution in [0, 0.1) is 0 Å². The quantitative estimate of drug-likeness (QED) is 0.745. The molecule has 0 saturated carbocycles. The van der Waals surface area contributed by atoms with Crippen molar-refractivity contribution in [3.8, 4) is 34.4 Å². The Kier molecular flexibility index (Phi) is 3.65. The highest BCUT2D eigenvalue weighted by Gasteiger charge is 2.17. The minimum absolute atomic E-state index is 0.355. The lowest BCUT2D eigenvalue weighted by molar-refractivity contribution is 0.355. The molecule has 22 heavy (non-hydrogen) atoms. The minimum Gasteiger partial charge on any atom is -0.493 e. The van der Waals surface area contributed by atoms with Crippen LogP contribution in [0.15, 0.2) is 46.9 Å². The van der Waals surface area contributed by atoms with E-state index in [1.54, 1.807) is 32.4 Å². The zero-order chi connectivity index (χ0) is 15.5. The Hall–Kier alpha value is -3.02. The van der Waals surface area contributed by atoms with Gasteiger partial charge in [-0.2, -0.15) is 0 Å². The molecule has 6 nitrogen and oxygen atoms in total. The Morgan fingerprint density at radius 1 is 0.955 bits per heavy atom. The second kappa shape index (κ2) is 5.77. The van der Waals surface area contributed by atoms with E-state index in [4.69, 9.17) is 19.6 Å². The van der Waals surface area contributed by atoms with Crippen molar-refractivity contribution in [3.05, 3.63) is 42.5 Å². The zero-order valence-electron chi connectivity index (χ0n) is 12.2. The number of hydrogen-bond acceptors (Lipinski definition) is 6. The Bertz CT molecular complexity index is 799. The van der Waals surface area contributed by atoms with Crippen molar-refractivity contribution in [2.45, 2.75) is 0 Å². The van der Waals surface area contributed by atoms with Crippen LogP contribution in [0.2, 0.25) is 0 Å². The summed E-state index contributed by atoms with van der Waals surface area (Å²) < 4.78 is 16.4. The summed E-state index contributed by atoms with van der Waals surface area (Å²) in [6.07, 6.45) is 0. The third-order valence-electron chi connectivity index (χ3n) is 3.19. The minimum atomic E-state index is 0.355. The van der Waals surface area contributed by atoms with Gasteiger partial charge in [0, 0.05) is 11.3 Å². The van der Waals surface area contributed by atoms with Crippen LogP contribution in [0.25, 0.3) is 22.9 Å². The molecule has 0 amide bonds. The number of aromatic nitrogens is 2. The van der Waals surface area contributed by atoms with Gasteiger partial charge in [0.15, 0.2) is 11.5 Å². The smallest absolute Gasteiger partial charge is 0.252 e. The number of methoxy groups -OCH3 is 2. The third-order valence-corrected chi connectivity index (χ3v) is 3.19. The van der Waals surface area contributed by atoms with E-state index in [-0.39, 0.29) is 0 Å². The number of benzene rings is 2. The van der Waals surface area contributed by atoms with Crippen LogP contribution in [0.4, 0.5) is 5.69 Å². The number of hydrogen-bond donors (Lipinski definition) is 1. The lowest BCUT2D eigenvalue weighted by atomic mass is 10.2. The first-order valence-corrected chi connectivity index (χ1v) is 6.63. The SMILES string of the molecule is COc1cccc(-c2nnc(-c3cccc(N)c3)o2)c1OC. The molecule has 0 spiro atoms. The molecule has 3 aromatic rings. The summed E-state index contributed by atoms with van der Waals surface area (Å²) in [4.78, 5) is 0. The van der Waals surface area contributed by atoms with Gasteiger partial charge in [-0.15, -0.1) is 10.2 Å². The van der Waals surface area contributed by atoms with Crippen LogP contribution >= 0.6 is 0 Å². The lowest BCUT2D eigenvalue weighted by Gasteiger charge is -2.09. The van der Waals surface area contributed by atoms with Crippen LogP contribution in [0.3, 0.4) is 0 Å². The molecule has 2 aromatic carbocycles. The predicted octanol–water partition coefficient (Wildman–Crippen LogP) is 3.00. The van der Waals surface area contributed by atoms with E-state index in [1.807, 2.05) is 24.3 Å². The van der Waals surface area contributed by atoms with E-state index in [2.05, 4.69) is 10.2 Å². The molecule has 0 atom stereocenters. The van der Waals surface area contributed by atoms with Gasteiger partial charge in [0.25, 0.3) is 5.89 Å². The summed E-state index contributed by atoms with van der Waals surface area (Å²) in [5.41, 5.74) is 7.84. The van der Waals surface area contributed by atoms with Crippen LogP contribution in [0.1, 0.15) is 0 Å². The molecule has 112 valence electrons. The van der Waals surface area contributed by atoms with Crippen molar-refractivity contribution in [3.63, 3.8) is 0 Å². The second-order valence-electron chi connectivity index (χ2n) is 4.58. The van der Waals surface area contributed by atoms with Crippen molar-refractivity contribution in [2.24, 2.45) is 0 Å². The van der Waals surface area contributed by atoms with E-state index >= 15 is 0 Å². The summed E-state index contributed by atoms with van der Waals surface area (Å²) >= 11 is 0. The number of rotatable bonds is 4. The van der Waals surface area contributed by atoms with Crippen LogP contribution < -0.4 is 15.2 Å². The molecule has 0 radical (unpaired) electrons. The average Bonchev–Trinajstić information content (AvgIpc) is 3.03. The van der Waals surface area contributed by atoms with Gasteiger partial charge < -0.3 is 19.6 Å². The summed E-state index contributed by atoms with van der Waals surface area (Å²) in [5.74, 6) is 1.90. The molecular formula is C16H15N3O3. The highest BCUT2D eigenvalue weighted by atomic mass is 16.5. The first-order valence-electron chi connectivity index (χ1n) is 6.63. The van der Waals surface area contributed by atoms with Gasteiger partial charge in [-0.05, 0) is 30.3 Å². The molecular weight excluding hydrogens is 282 g/mol. The van der Waals surface area contributed by atoms with E-state index < -0.39 is 0 Å². The topological polar surface area (TPSA) is 83.4 Å². The highest BCUT2D eigenvalue weighted by molar-refractivity contribution is 5.69. The molecule has 0 fully saturated rings. The van der Waals surface area contributed by atoms with Gasteiger partial charge in [0.1, 0.15) is 0 Å². The van der Waals surface area contributed by atoms with Crippen LogP contribution in [0.5, 0.6) is 11.5 Å². The number of ether oxygens (including phenoxy) is 2. The molecule has 0 aliphatic carbocycles. The van der Waals surface area contributed by atoms with E-state index in [1.165, 1.54) is 0 Å². The van der Waals surface area contributed by atoms with Crippen molar-refractivity contribution >= 4 is 5.69 Å². The standard InChI is InChI=1S/C16H15N3O3/c1-20-13-8-4-7-12(14(13)21-2)16-19-18-15(22-16)10-5-3-6-11(17)9-10/h3-9H,17H2,1-2H3. The molecule has 0 unspecified atom stereocenters. The van der Waals surface area contributed by atoms with Gasteiger partial charge in [0.2, 0.25) is 5.89 Å². The molecule has 0 saturated heterocycles. The van der Waals surface area contributed by atoms with Crippen molar-refractivity contribution in [1.82, 2.24) is 10.2 Å². The normalized spacial score (nSPS) is 10.5. The fraction of sp³-hybridized carbons (Fsp3) is 0.125. The van der Waals surface area contributed by atoms with Crippen molar-refractivity contribution in [1.29, 1.82) is 0 Å². The van der Waals surface area contributed by atoms with Crippen molar-refractivity contribution in [2.75, 3.05) is 20.0 Å². The molecule has 0 aliphatic rings. The summed E-state index contributed by atoms with van der Waals surface area (Å²) in [7, 11) is 3.14. The molecule has 0 aliphatic heterocycles. The Morgan fingerprint density at radius 3 is 2.45 bits per heavy atom. The first-order chi connectivity index (χ1) is 10.7. The first kappa shape index (κ1) is 13.9. The molecule has 6 heteroatoms. The maximum atomic E-state index is 5.77. The van der Waals surface area contributed by atoms with E-state index in [0.29, 0.717) is 34.5 Å².